The first-order valence-corrected chi connectivity index (χ1v) is 7.84. The van der Waals surface area contributed by atoms with E-state index in [0.717, 1.165) is 0 Å². The molecule has 0 bridgehead atoms. The van der Waals surface area contributed by atoms with Gasteiger partial charge in [-0.25, -0.2) is 8.42 Å². The van der Waals surface area contributed by atoms with Gasteiger partial charge in [-0.15, -0.1) is 0 Å². The van der Waals surface area contributed by atoms with Gasteiger partial charge in [-0.1, -0.05) is 23.2 Å². The summed E-state index contributed by atoms with van der Waals surface area (Å²) < 4.78 is 28.3. The van der Waals surface area contributed by atoms with E-state index in [1.54, 1.807) is 39.0 Å². The summed E-state index contributed by atoms with van der Waals surface area (Å²) in [5.41, 5.74) is 0. The first-order valence-electron chi connectivity index (χ1n) is 5.43. The third-order valence-corrected chi connectivity index (χ3v) is 5.55. The molecule has 1 aromatic rings. The first kappa shape index (κ1) is 15.6. The van der Waals surface area contributed by atoms with Gasteiger partial charge in [0.15, 0.2) is 9.84 Å². The van der Waals surface area contributed by atoms with Gasteiger partial charge in [0.2, 0.25) is 0 Å². The lowest BCUT2D eigenvalue weighted by atomic mass is 10.3. The van der Waals surface area contributed by atoms with Crippen molar-refractivity contribution in [3.8, 4) is 5.75 Å². The number of benzene rings is 1. The predicted octanol–water partition coefficient (Wildman–Crippen LogP) is 3.59. The van der Waals surface area contributed by atoms with Gasteiger partial charge in [0, 0.05) is 11.1 Å². The molecule has 0 radical (unpaired) electrons. The highest BCUT2D eigenvalue weighted by Gasteiger charge is 2.28. The molecule has 1 aromatic carbocycles. The topological polar surface area (TPSA) is 43.4 Å². The van der Waals surface area contributed by atoms with E-state index in [9.17, 15) is 8.42 Å². The number of rotatable bonds is 4. The first-order chi connectivity index (χ1) is 8.13. The fraction of sp³-hybridized carbons (Fsp3) is 0.500. The maximum absolute atomic E-state index is 11.9. The van der Waals surface area contributed by atoms with Crippen LogP contribution in [0.25, 0.3) is 0 Å². The largest absolute Gasteiger partial charge is 0.491 e. The van der Waals surface area contributed by atoms with Crippen molar-refractivity contribution in [2.24, 2.45) is 0 Å². The molecule has 0 spiro atoms. The Hall–Kier alpha value is -0.450. The maximum atomic E-state index is 11.9. The second-order valence-corrected chi connectivity index (χ2v) is 8.56. The predicted molar refractivity (Wildman–Crippen MR) is 75.5 cm³/mol. The van der Waals surface area contributed by atoms with Crippen LogP contribution in [0, 0.1) is 0 Å². The van der Waals surface area contributed by atoms with Gasteiger partial charge in [-0.05, 0) is 32.9 Å². The fourth-order valence-corrected chi connectivity index (χ4v) is 2.40. The SMILES string of the molecule is CC(C)(C)S(=O)(=O)CCOc1cc(Cl)ccc1Cl. The Morgan fingerprint density at radius 1 is 1.22 bits per heavy atom. The highest BCUT2D eigenvalue weighted by Crippen LogP contribution is 2.27. The van der Waals surface area contributed by atoms with E-state index in [1.165, 1.54) is 0 Å². The molecular weight excluding hydrogens is 295 g/mol. The Balaban J connectivity index is 2.65. The summed E-state index contributed by atoms with van der Waals surface area (Å²) in [5.74, 6) is 0.340. The number of ether oxygens (including phenoxy) is 1. The lowest BCUT2D eigenvalue weighted by molar-refractivity contribution is 0.340. The smallest absolute Gasteiger partial charge is 0.158 e. The second-order valence-electron chi connectivity index (χ2n) is 4.85. The Bertz CT molecular complexity index is 519. The summed E-state index contributed by atoms with van der Waals surface area (Å²) in [6.45, 7) is 5.04. The summed E-state index contributed by atoms with van der Waals surface area (Å²) in [7, 11) is -3.19. The Kier molecular flexibility index (Phi) is 4.92. The summed E-state index contributed by atoms with van der Waals surface area (Å²) in [4.78, 5) is 0. The van der Waals surface area contributed by atoms with Crippen molar-refractivity contribution in [2.45, 2.75) is 25.5 Å². The van der Waals surface area contributed by atoms with E-state index in [-0.39, 0.29) is 12.4 Å². The molecule has 0 amide bonds. The Morgan fingerprint density at radius 2 is 1.83 bits per heavy atom. The van der Waals surface area contributed by atoms with Crippen LogP contribution in [0.3, 0.4) is 0 Å². The number of sulfone groups is 1. The molecule has 0 heterocycles. The monoisotopic (exact) mass is 310 g/mol. The second kappa shape index (κ2) is 5.68. The maximum Gasteiger partial charge on any atom is 0.158 e. The van der Waals surface area contributed by atoms with E-state index in [1.807, 2.05) is 0 Å². The van der Waals surface area contributed by atoms with Crippen molar-refractivity contribution < 1.29 is 13.2 Å². The molecule has 0 unspecified atom stereocenters. The molecule has 0 aliphatic heterocycles. The van der Waals surface area contributed by atoms with E-state index in [2.05, 4.69) is 0 Å². The average molecular weight is 311 g/mol. The summed E-state index contributed by atoms with van der Waals surface area (Å²) in [6.07, 6.45) is 0. The van der Waals surface area contributed by atoms with Gasteiger partial charge in [0.25, 0.3) is 0 Å². The minimum absolute atomic E-state index is 0.0552. The summed E-state index contributed by atoms with van der Waals surface area (Å²) in [5, 5.41) is 0.903. The van der Waals surface area contributed by atoms with Gasteiger partial charge in [0.1, 0.15) is 12.4 Å². The van der Waals surface area contributed by atoms with Gasteiger partial charge < -0.3 is 4.74 Å². The van der Waals surface area contributed by atoms with Crippen LogP contribution in [0.1, 0.15) is 20.8 Å². The molecule has 0 saturated heterocycles. The van der Waals surface area contributed by atoms with E-state index >= 15 is 0 Å². The van der Waals surface area contributed by atoms with Crippen LogP contribution in [0.4, 0.5) is 0 Å². The van der Waals surface area contributed by atoms with Crippen LogP contribution in [-0.2, 0) is 9.84 Å². The van der Waals surface area contributed by atoms with Crippen LogP contribution in [0.15, 0.2) is 18.2 Å². The molecule has 0 aromatic heterocycles. The van der Waals surface area contributed by atoms with Crippen molar-refractivity contribution in [1.82, 2.24) is 0 Å². The quantitative estimate of drug-likeness (QED) is 0.853. The molecule has 6 heteroatoms. The van der Waals surface area contributed by atoms with Crippen molar-refractivity contribution in [1.29, 1.82) is 0 Å². The molecule has 0 fully saturated rings. The molecule has 102 valence electrons. The minimum atomic E-state index is -3.19. The van der Waals surface area contributed by atoms with Gasteiger partial charge >= 0.3 is 0 Å². The van der Waals surface area contributed by atoms with Gasteiger partial charge in [-0.2, -0.15) is 0 Å². The molecule has 1 rings (SSSR count). The molecule has 0 aliphatic carbocycles. The van der Waals surface area contributed by atoms with Crippen LogP contribution < -0.4 is 4.74 Å². The number of hydrogen-bond acceptors (Lipinski definition) is 3. The summed E-state index contributed by atoms with van der Waals surface area (Å²) in [6, 6.07) is 4.81. The molecule has 0 saturated carbocycles. The van der Waals surface area contributed by atoms with Crippen molar-refractivity contribution in [2.75, 3.05) is 12.4 Å². The zero-order chi connectivity index (χ0) is 14.0. The lowest BCUT2D eigenvalue weighted by Crippen LogP contribution is -2.32. The Labute approximate surface area is 118 Å². The third-order valence-electron chi connectivity index (χ3n) is 2.44. The number of hydrogen-bond donors (Lipinski definition) is 0. The molecule has 0 aliphatic rings. The number of halogens is 2. The van der Waals surface area contributed by atoms with E-state index < -0.39 is 14.6 Å². The van der Waals surface area contributed by atoms with Crippen molar-refractivity contribution >= 4 is 33.0 Å². The van der Waals surface area contributed by atoms with Crippen LogP contribution in [0.5, 0.6) is 5.75 Å². The minimum Gasteiger partial charge on any atom is -0.491 e. The third kappa shape index (κ3) is 4.04. The Morgan fingerprint density at radius 3 is 2.39 bits per heavy atom. The molecular formula is C12H16Cl2O3S. The van der Waals surface area contributed by atoms with Crippen LogP contribution in [0.2, 0.25) is 10.0 Å². The normalized spacial score (nSPS) is 12.5. The van der Waals surface area contributed by atoms with E-state index in [0.29, 0.717) is 15.8 Å². The average Bonchev–Trinajstić information content (AvgIpc) is 2.21. The van der Waals surface area contributed by atoms with Crippen LogP contribution >= 0.6 is 23.2 Å². The standard InChI is InChI=1S/C12H16Cl2O3S/c1-12(2,3)18(15,16)7-6-17-11-8-9(13)4-5-10(11)14/h4-5,8H,6-7H2,1-3H3. The fourth-order valence-electron chi connectivity index (χ4n) is 1.16. The van der Waals surface area contributed by atoms with Gasteiger partial charge in [0.05, 0.1) is 15.5 Å². The summed E-state index contributed by atoms with van der Waals surface area (Å²) >= 11 is 11.7. The molecule has 0 atom stereocenters. The zero-order valence-electron chi connectivity index (χ0n) is 10.5. The molecule has 3 nitrogen and oxygen atoms in total. The molecule has 18 heavy (non-hydrogen) atoms. The zero-order valence-corrected chi connectivity index (χ0v) is 12.9. The highest BCUT2D eigenvalue weighted by molar-refractivity contribution is 7.92. The van der Waals surface area contributed by atoms with Gasteiger partial charge in [-0.3, -0.25) is 0 Å². The highest BCUT2D eigenvalue weighted by atomic mass is 35.5. The lowest BCUT2D eigenvalue weighted by Gasteiger charge is -2.19. The van der Waals surface area contributed by atoms with Crippen LogP contribution in [-0.4, -0.2) is 25.5 Å². The van der Waals surface area contributed by atoms with Crippen molar-refractivity contribution in [3.63, 3.8) is 0 Å². The van der Waals surface area contributed by atoms with E-state index in [4.69, 9.17) is 27.9 Å². The van der Waals surface area contributed by atoms with Crippen molar-refractivity contribution in [3.05, 3.63) is 28.2 Å². The molecule has 0 N–H and O–H groups in total.